The van der Waals surface area contributed by atoms with Gasteiger partial charge in [0.2, 0.25) is 5.76 Å². The van der Waals surface area contributed by atoms with Gasteiger partial charge in [0, 0.05) is 12.8 Å². The number of hydrogen-bond donors (Lipinski definition) is 1. The van der Waals surface area contributed by atoms with Gasteiger partial charge in [-0.3, -0.25) is 0 Å². The zero-order valence-corrected chi connectivity index (χ0v) is 9.65. The lowest BCUT2D eigenvalue weighted by molar-refractivity contribution is -0.136. The molecule has 0 heterocycles. The summed E-state index contributed by atoms with van der Waals surface area (Å²) in [7, 11) is 0. The van der Waals surface area contributed by atoms with Gasteiger partial charge in [0.05, 0.1) is 5.76 Å². The van der Waals surface area contributed by atoms with Gasteiger partial charge >= 0.3 is 5.97 Å². The summed E-state index contributed by atoms with van der Waals surface area (Å²) >= 11 is 0. The van der Waals surface area contributed by atoms with Crippen LogP contribution in [0, 0.1) is 0 Å². The van der Waals surface area contributed by atoms with E-state index in [1.807, 2.05) is 12.2 Å². The zero-order chi connectivity index (χ0) is 12.1. The summed E-state index contributed by atoms with van der Waals surface area (Å²) in [5.41, 5.74) is 0. The van der Waals surface area contributed by atoms with Gasteiger partial charge in [0.1, 0.15) is 12.0 Å². The van der Waals surface area contributed by atoms with Crippen LogP contribution in [0.4, 0.5) is 0 Å². The third-order valence-corrected chi connectivity index (χ3v) is 2.77. The average molecular weight is 236 g/mol. The van der Waals surface area contributed by atoms with Crippen molar-refractivity contribution < 1.29 is 19.4 Å². The molecule has 2 aliphatic carbocycles. The first-order valence-electron chi connectivity index (χ1n) is 5.92. The van der Waals surface area contributed by atoms with Crippen LogP contribution in [0.3, 0.4) is 0 Å². The van der Waals surface area contributed by atoms with E-state index in [2.05, 4.69) is 0 Å². The summed E-state index contributed by atoms with van der Waals surface area (Å²) in [6.07, 6.45) is 10.8. The predicted octanol–water partition coefficient (Wildman–Crippen LogP) is 3.08. The molecule has 0 fully saturated rings. The van der Waals surface area contributed by atoms with Crippen LogP contribution in [-0.2, 0) is 14.3 Å². The third-order valence-electron chi connectivity index (χ3n) is 2.77. The minimum absolute atomic E-state index is 0.147. The van der Waals surface area contributed by atoms with Crippen LogP contribution in [0.2, 0.25) is 0 Å². The lowest BCUT2D eigenvalue weighted by Crippen LogP contribution is -2.05. The summed E-state index contributed by atoms with van der Waals surface area (Å²) in [5, 5.41) is 8.99. The minimum atomic E-state index is -1.10. The van der Waals surface area contributed by atoms with Crippen molar-refractivity contribution in [3.8, 4) is 0 Å². The molecule has 0 saturated carbocycles. The van der Waals surface area contributed by atoms with Crippen molar-refractivity contribution in [2.45, 2.75) is 38.5 Å². The molecule has 0 atom stereocenters. The Morgan fingerprint density at radius 2 is 1.82 bits per heavy atom. The first-order valence-corrected chi connectivity index (χ1v) is 5.92. The van der Waals surface area contributed by atoms with Crippen LogP contribution in [0.1, 0.15) is 38.5 Å². The Morgan fingerprint density at radius 1 is 1.18 bits per heavy atom. The predicted molar refractivity (Wildman–Crippen MR) is 61.8 cm³/mol. The van der Waals surface area contributed by atoms with E-state index in [0.717, 1.165) is 50.0 Å². The SMILES string of the molecule is O=C(O)C(=COC1=CCCC1)OC1=CCCC1. The standard InChI is InChI=1S/C13H16O4/c14-13(15)12(17-11-7-3-4-8-11)9-16-10-5-1-2-6-10/h5,7,9H,1-4,6,8H2,(H,14,15). The number of allylic oxidation sites excluding steroid dienone is 4. The fourth-order valence-electron chi connectivity index (χ4n) is 1.87. The number of rotatable bonds is 5. The van der Waals surface area contributed by atoms with E-state index in [0.29, 0.717) is 0 Å². The molecule has 0 aliphatic heterocycles. The second-order valence-electron chi connectivity index (χ2n) is 4.13. The molecule has 0 spiro atoms. The number of carbonyl (C=O) groups is 1. The van der Waals surface area contributed by atoms with Crippen LogP contribution >= 0.6 is 0 Å². The van der Waals surface area contributed by atoms with E-state index in [1.165, 1.54) is 6.26 Å². The van der Waals surface area contributed by atoms with Gasteiger partial charge in [-0.25, -0.2) is 4.79 Å². The topological polar surface area (TPSA) is 55.8 Å². The molecule has 0 aromatic carbocycles. The number of carboxylic acid groups (broad SMARTS) is 1. The highest BCUT2D eigenvalue weighted by atomic mass is 16.5. The fraction of sp³-hybridized carbons (Fsp3) is 0.462. The van der Waals surface area contributed by atoms with Crippen LogP contribution in [-0.4, -0.2) is 11.1 Å². The quantitative estimate of drug-likeness (QED) is 0.588. The molecule has 0 amide bonds. The summed E-state index contributed by atoms with van der Waals surface area (Å²) in [4.78, 5) is 11.0. The van der Waals surface area contributed by atoms with Gasteiger partial charge in [-0.1, -0.05) is 0 Å². The molecule has 0 unspecified atom stereocenters. The molecule has 0 bridgehead atoms. The first-order chi connectivity index (χ1) is 8.25. The molecule has 2 aliphatic rings. The van der Waals surface area contributed by atoms with Gasteiger partial charge in [-0.15, -0.1) is 0 Å². The summed E-state index contributed by atoms with van der Waals surface area (Å²) < 4.78 is 10.6. The largest absolute Gasteiger partial charge is 0.475 e. The van der Waals surface area contributed by atoms with Crippen molar-refractivity contribution in [2.75, 3.05) is 0 Å². The van der Waals surface area contributed by atoms with Crippen molar-refractivity contribution in [3.05, 3.63) is 35.7 Å². The Kier molecular flexibility index (Phi) is 3.85. The lowest BCUT2D eigenvalue weighted by atomic mass is 10.3. The average Bonchev–Trinajstić information content (AvgIpc) is 2.97. The second-order valence-corrected chi connectivity index (χ2v) is 4.13. The van der Waals surface area contributed by atoms with Crippen molar-refractivity contribution in [3.63, 3.8) is 0 Å². The molecule has 4 nitrogen and oxygen atoms in total. The molecular formula is C13H16O4. The van der Waals surface area contributed by atoms with Gasteiger partial charge in [-0.05, 0) is 37.8 Å². The van der Waals surface area contributed by atoms with Gasteiger partial charge in [0.25, 0.3) is 0 Å². The molecule has 0 radical (unpaired) electrons. The molecule has 2 rings (SSSR count). The highest BCUT2D eigenvalue weighted by Crippen LogP contribution is 2.23. The van der Waals surface area contributed by atoms with E-state index in [1.54, 1.807) is 0 Å². The Bertz CT molecular complexity index is 390. The maximum absolute atomic E-state index is 11.0. The number of aliphatic carboxylic acids is 1. The van der Waals surface area contributed by atoms with Crippen molar-refractivity contribution >= 4 is 5.97 Å². The van der Waals surface area contributed by atoms with E-state index in [4.69, 9.17) is 14.6 Å². The van der Waals surface area contributed by atoms with Gasteiger partial charge in [0.15, 0.2) is 0 Å². The zero-order valence-electron chi connectivity index (χ0n) is 9.65. The third kappa shape index (κ3) is 3.37. The molecule has 0 saturated heterocycles. The maximum atomic E-state index is 11.0. The van der Waals surface area contributed by atoms with E-state index < -0.39 is 5.97 Å². The van der Waals surface area contributed by atoms with Crippen molar-refractivity contribution in [1.29, 1.82) is 0 Å². The lowest BCUT2D eigenvalue weighted by Gasteiger charge is -2.07. The Hall–Kier alpha value is -1.71. The summed E-state index contributed by atoms with van der Waals surface area (Å²) in [6.45, 7) is 0. The monoisotopic (exact) mass is 236 g/mol. The highest BCUT2D eigenvalue weighted by molar-refractivity contribution is 5.84. The molecule has 17 heavy (non-hydrogen) atoms. The smallest absolute Gasteiger partial charge is 0.375 e. The highest BCUT2D eigenvalue weighted by Gasteiger charge is 2.15. The summed E-state index contributed by atoms with van der Waals surface area (Å²) in [5.74, 6) is 0.303. The minimum Gasteiger partial charge on any atom is -0.475 e. The number of carboxylic acids is 1. The molecular weight excluding hydrogens is 220 g/mol. The molecule has 92 valence electrons. The van der Waals surface area contributed by atoms with Crippen LogP contribution < -0.4 is 0 Å². The Labute approximate surface area is 100 Å². The van der Waals surface area contributed by atoms with Crippen molar-refractivity contribution in [2.24, 2.45) is 0 Å². The van der Waals surface area contributed by atoms with Crippen molar-refractivity contribution in [1.82, 2.24) is 0 Å². The second kappa shape index (κ2) is 5.57. The van der Waals surface area contributed by atoms with Gasteiger partial charge < -0.3 is 14.6 Å². The van der Waals surface area contributed by atoms with E-state index in [-0.39, 0.29) is 5.76 Å². The van der Waals surface area contributed by atoms with E-state index in [9.17, 15) is 4.79 Å². The van der Waals surface area contributed by atoms with Crippen LogP contribution in [0.25, 0.3) is 0 Å². The van der Waals surface area contributed by atoms with E-state index >= 15 is 0 Å². The maximum Gasteiger partial charge on any atom is 0.375 e. The molecule has 4 heteroatoms. The molecule has 0 aromatic rings. The number of ether oxygens (including phenoxy) is 2. The fourth-order valence-corrected chi connectivity index (χ4v) is 1.87. The number of hydrogen-bond acceptors (Lipinski definition) is 3. The van der Waals surface area contributed by atoms with Gasteiger partial charge in [-0.2, -0.15) is 0 Å². The molecule has 0 aromatic heterocycles. The van der Waals surface area contributed by atoms with Crippen LogP contribution in [0.15, 0.2) is 35.7 Å². The van der Waals surface area contributed by atoms with Crippen LogP contribution in [0.5, 0.6) is 0 Å². The Balaban J connectivity index is 1.95. The normalized spacial score (nSPS) is 19.9. The summed E-state index contributed by atoms with van der Waals surface area (Å²) in [6, 6.07) is 0. The Morgan fingerprint density at radius 3 is 2.35 bits per heavy atom. The first kappa shape index (κ1) is 11.8. The molecule has 1 N–H and O–H groups in total.